The fourth-order valence-electron chi connectivity index (χ4n) is 9.00. The molecule has 4 aromatic heterocycles. The van der Waals surface area contributed by atoms with Crippen molar-refractivity contribution in [3.63, 3.8) is 0 Å². The van der Waals surface area contributed by atoms with Gasteiger partial charge >= 0.3 is 0 Å². The van der Waals surface area contributed by atoms with Crippen LogP contribution in [0.2, 0.25) is 19.6 Å². The van der Waals surface area contributed by atoms with E-state index in [1.165, 1.54) is 21.9 Å². The van der Waals surface area contributed by atoms with Crippen LogP contribution in [-0.2, 0) is 31.9 Å². The summed E-state index contributed by atoms with van der Waals surface area (Å²) in [4.78, 5) is 14.7. The summed E-state index contributed by atoms with van der Waals surface area (Å²) in [5.74, 6) is 1.86. The molecule has 0 aliphatic carbocycles. The average Bonchev–Trinajstić information content (AvgIpc) is 3.89. The molecule has 0 aliphatic heterocycles. The Morgan fingerprint density at radius 2 is 1.34 bits per heavy atom. The Labute approximate surface area is 417 Å². The fraction of sp³-hybridized carbons (Fsp3) is 0.230. The number of pyridine rings is 2. The van der Waals surface area contributed by atoms with E-state index in [0.29, 0.717) is 17.5 Å². The molecule has 0 spiro atoms. The standard InChI is InChI=1S/C43H36N3O.C18H24NSi.Ir/c1-27(2)30-20-21-33-36-22-31(26-44-42(36)47-39(33)23-30)41-45-37-18-12-13-19-38(37)46(41)40-34(28-14-8-6-9-15-28)24-32(43(3,4)5)25-35(40)29-16-10-7-11-17-29;1-14(2)11-16-12-17(15-9-7-6-8-10-15)19-13-18(16)20(3,4)5;/h6-25,27H,1-5H3;6-9,12-14H,11H2,1-5H3;/q2*-1;. The number of para-hydroxylation sites is 2. The van der Waals surface area contributed by atoms with Crippen molar-refractivity contribution < 1.29 is 24.5 Å². The fourth-order valence-corrected chi connectivity index (χ4v) is 10.6. The summed E-state index contributed by atoms with van der Waals surface area (Å²) in [6, 6.07) is 56.7. The van der Waals surface area contributed by atoms with E-state index in [-0.39, 0.29) is 25.5 Å². The third-order valence-electron chi connectivity index (χ3n) is 12.5. The van der Waals surface area contributed by atoms with Gasteiger partial charge in [-0.2, -0.15) is 0 Å². The van der Waals surface area contributed by atoms with Crippen LogP contribution in [0.5, 0.6) is 0 Å². The molecule has 1 radical (unpaired) electrons. The first-order valence-corrected chi connectivity index (χ1v) is 27.1. The smallest absolute Gasteiger partial charge is 0.141 e. The topological polar surface area (TPSA) is 56.7 Å². The second kappa shape index (κ2) is 19.8. The molecule has 0 bridgehead atoms. The quantitative estimate of drug-likeness (QED) is 0.107. The zero-order chi connectivity index (χ0) is 47.0. The third-order valence-corrected chi connectivity index (χ3v) is 14.6. The third kappa shape index (κ3) is 9.98. The summed E-state index contributed by atoms with van der Waals surface area (Å²) < 4.78 is 8.55. The molecule has 0 aliphatic rings. The molecule has 0 saturated heterocycles. The van der Waals surface area contributed by atoms with Gasteiger partial charge in [0.25, 0.3) is 0 Å². The van der Waals surface area contributed by atoms with Gasteiger partial charge in [-0.05, 0) is 98.7 Å². The Balaban J connectivity index is 0.000000251. The van der Waals surface area contributed by atoms with Gasteiger partial charge in [0.05, 0.1) is 30.6 Å². The van der Waals surface area contributed by atoms with E-state index in [4.69, 9.17) is 14.4 Å². The van der Waals surface area contributed by atoms with E-state index in [1.54, 1.807) is 0 Å². The Hall–Kier alpha value is -6.24. The van der Waals surface area contributed by atoms with E-state index < -0.39 is 8.07 Å². The van der Waals surface area contributed by atoms with E-state index in [1.807, 2.05) is 24.3 Å². The van der Waals surface area contributed by atoms with E-state index in [0.717, 1.165) is 84.4 Å². The number of aromatic nitrogens is 4. The van der Waals surface area contributed by atoms with Gasteiger partial charge in [-0.3, -0.25) is 4.98 Å². The molecule has 5 nitrogen and oxygen atoms in total. The largest absolute Gasteiger partial charge is 0.483 e. The monoisotopic (exact) mass is 1090 g/mol. The molecular weight excluding hydrogens is 1030 g/mol. The second-order valence-electron chi connectivity index (χ2n) is 20.5. The first kappa shape index (κ1) is 48.2. The number of hydrogen-bond donors (Lipinski definition) is 0. The van der Waals surface area contributed by atoms with Crippen LogP contribution < -0.4 is 5.19 Å². The Morgan fingerprint density at radius 1 is 0.691 bits per heavy atom. The van der Waals surface area contributed by atoms with E-state index in [2.05, 4.69) is 224 Å². The van der Waals surface area contributed by atoms with Gasteiger partial charge < -0.3 is 19.0 Å². The molecule has 0 N–H and O–H groups in total. The van der Waals surface area contributed by atoms with E-state index >= 15 is 0 Å². The molecule has 4 heterocycles. The van der Waals surface area contributed by atoms with Crippen molar-refractivity contribution in [2.75, 3.05) is 0 Å². The minimum Gasteiger partial charge on any atom is -0.483 e. The molecule has 10 rings (SSSR count). The summed E-state index contributed by atoms with van der Waals surface area (Å²) in [7, 11) is -1.34. The SMILES string of the molecule is CC(C)Cc1cc(-c2[c-]cccc2)ncc1[Si](C)(C)C.CC(C)c1ccc2c(c1)oc1n[c-]c(-c3nc4ccccc4n3-c3c(-c4ccccc4)cc(C(C)(C)C)cc3-c3ccccc3)cc12.[Ir]. The number of nitrogens with zero attached hydrogens (tertiary/aromatic N) is 4. The van der Waals surface area contributed by atoms with Crippen molar-refractivity contribution in [2.24, 2.45) is 5.92 Å². The van der Waals surface area contributed by atoms with Gasteiger partial charge in [0.1, 0.15) is 11.3 Å². The molecule has 0 fully saturated rings. The van der Waals surface area contributed by atoms with Crippen molar-refractivity contribution in [2.45, 2.75) is 85.9 Å². The van der Waals surface area contributed by atoms with Crippen LogP contribution in [-0.4, -0.2) is 27.6 Å². The van der Waals surface area contributed by atoms with Gasteiger partial charge in [-0.25, -0.2) is 0 Å². The minimum atomic E-state index is -1.34. The van der Waals surface area contributed by atoms with Crippen LogP contribution in [0.3, 0.4) is 0 Å². The number of rotatable bonds is 9. The molecule has 6 aromatic carbocycles. The number of imidazole rings is 1. The molecule has 68 heavy (non-hydrogen) atoms. The summed E-state index contributed by atoms with van der Waals surface area (Å²) in [6.45, 7) is 23.0. The molecule has 0 saturated carbocycles. The Morgan fingerprint density at radius 3 is 1.94 bits per heavy atom. The minimum absolute atomic E-state index is 0. The predicted molar refractivity (Wildman–Crippen MR) is 284 cm³/mol. The number of hydrogen-bond acceptors (Lipinski definition) is 4. The van der Waals surface area contributed by atoms with Gasteiger partial charge in [-0.15, -0.1) is 42.0 Å². The van der Waals surface area contributed by atoms with Crippen LogP contribution in [0.4, 0.5) is 0 Å². The summed E-state index contributed by atoms with van der Waals surface area (Å²) in [5.41, 5.74) is 15.9. The zero-order valence-corrected chi connectivity index (χ0v) is 44.3. The number of benzene rings is 6. The van der Waals surface area contributed by atoms with Crippen LogP contribution in [0.25, 0.3) is 83.7 Å². The number of fused-ring (bicyclic) bond motifs is 4. The first-order valence-electron chi connectivity index (χ1n) is 23.6. The molecular formula is C61H60IrN4OSi-2. The van der Waals surface area contributed by atoms with Crippen LogP contribution in [0.1, 0.15) is 71.1 Å². The molecule has 0 atom stereocenters. The van der Waals surface area contributed by atoms with Crippen molar-refractivity contribution >= 4 is 46.4 Å². The summed E-state index contributed by atoms with van der Waals surface area (Å²) >= 11 is 0. The molecule has 7 heteroatoms. The predicted octanol–water partition coefficient (Wildman–Crippen LogP) is 15.8. The summed E-state index contributed by atoms with van der Waals surface area (Å²) in [6.07, 6.45) is 6.56. The van der Waals surface area contributed by atoms with Gasteiger partial charge in [0.2, 0.25) is 0 Å². The normalized spacial score (nSPS) is 11.9. The maximum absolute atomic E-state index is 6.24. The van der Waals surface area contributed by atoms with Crippen molar-refractivity contribution in [1.29, 1.82) is 0 Å². The molecule has 10 aromatic rings. The van der Waals surface area contributed by atoms with Gasteiger partial charge in [0, 0.05) is 42.8 Å². The average molecular weight is 1090 g/mol. The Bertz CT molecular complexity index is 3280. The number of furan rings is 1. The first-order chi connectivity index (χ1) is 32.1. The molecule has 345 valence electrons. The van der Waals surface area contributed by atoms with Crippen LogP contribution in [0, 0.1) is 18.2 Å². The van der Waals surface area contributed by atoms with Crippen LogP contribution in [0.15, 0.2) is 162 Å². The maximum atomic E-state index is 6.24. The second-order valence-corrected chi connectivity index (χ2v) is 25.6. The maximum Gasteiger partial charge on any atom is 0.141 e. The zero-order valence-electron chi connectivity index (χ0n) is 40.9. The van der Waals surface area contributed by atoms with Gasteiger partial charge in [-0.1, -0.05) is 170 Å². The van der Waals surface area contributed by atoms with Gasteiger partial charge in [0.15, 0.2) is 0 Å². The van der Waals surface area contributed by atoms with Crippen molar-refractivity contribution in [1.82, 2.24) is 19.5 Å². The van der Waals surface area contributed by atoms with E-state index in [9.17, 15) is 0 Å². The molecule has 0 amide bonds. The van der Waals surface area contributed by atoms with Crippen molar-refractivity contribution in [3.05, 3.63) is 187 Å². The van der Waals surface area contributed by atoms with Crippen LogP contribution >= 0.6 is 0 Å². The Kier molecular flexibility index (Phi) is 14.0. The summed E-state index contributed by atoms with van der Waals surface area (Å²) in [5, 5.41) is 3.49. The van der Waals surface area contributed by atoms with Crippen molar-refractivity contribution in [3.8, 4) is 50.6 Å². The molecule has 0 unspecified atom stereocenters.